The van der Waals surface area contributed by atoms with Crippen LogP contribution >= 0.6 is 11.6 Å². The van der Waals surface area contributed by atoms with Crippen LogP contribution in [0.5, 0.6) is 0 Å². The van der Waals surface area contributed by atoms with Crippen LogP contribution in [0.4, 0.5) is 5.69 Å². The van der Waals surface area contributed by atoms with Gasteiger partial charge < -0.3 is 14.8 Å². The molecule has 0 bridgehead atoms. The molecular weight excluding hydrogens is 422 g/mol. The van der Waals surface area contributed by atoms with Crippen molar-refractivity contribution in [3.8, 4) is 0 Å². The van der Waals surface area contributed by atoms with Gasteiger partial charge in [0.05, 0.1) is 30.9 Å². The maximum absolute atomic E-state index is 12.9. The highest BCUT2D eigenvalue weighted by atomic mass is 35.5. The molecule has 2 heterocycles. The average molecular weight is 440 g/mol. The standard InChI is InChI=1S/C18H18ClN3O6S/c1-27-18(24)12-2-5-15(20-11-12)17(23)21-13-3-4-14(19)16(10-13)29(25,26)22-6-8-28-9-7-22/h2-5,10-11H,6-9H2,1H3,(H,21,23). The third kappa shape index (κ3) is 4.73. The van der Waals surface area contributed by atoms with Gasteiger partial charge in [0, 0.05) is 25.0 Å². The highest BCUT2D eigenvalue weighted by molar-refractivity contribution is 7.89. The van der Waals surface area contributed by atoms with Crippen LogP contribution in [-0.4, -0.2) is 63.0 Å². The minimum Gasteiger partial charge on any atom is -0.465 e. The molecule has 0 saturated carbocycles. The summed E-state index contributed by atoms with van der Waals surface area (Å²) in [6.45, 7) is 1.07. The van der Waals surface area contributed by atoms with Crippen LogP contribution in [0.3, 0.4) is 0 Å². The fraction of sp³-hybridized carbons (Fsp3) is 0.278. The first-order valence-corrected chi connectivity index (χ1v) is 10.4. The van der Waals surface area contributed by atoms with Crippen molar-refractivity contribution in [2.24, 2.45) is 0 Å². The van der Waals surface area contributed by atoms with E-state index in [1.165, 1.54) is 47.9 Å². The number of hydrogen-bond donors (Lipinski definition) is 1. The van der Waals surface area contributed by atoms with Gasteiger partial charge >= 0.3 is 5.97 Å². The number of nitrogens with zero attached hydrogens (tertiary/aromatic N) is 2. The van der Waals surface area contributed by atoms with Crippen LogP contribution in [0, 0.1) is 0 Å². The van der Waals surface area contributed by atoms with E-state index in [1.54, 1.807) is 0 Å². The van der Waals surface area contributed by atoms with Gasteiger partial charge in [0.15, 0.2) is 0 Å². The summed E-state index contributed by atoms with van der Waals surface area (Å²) in [4.78, 5) is 27.7. The number of halogens is 1. The maximum atomic E-state index is 12.9. The predicted octanol–water partition coefficient (Wildman–Crippen LogP) is 1.79. The van der Waals surface area contributed by atoms with Gasteiger partial charge in [0.2, 0.25) is 10.0 Å². The molecule has 1 aliphatic rings. The molecule has 0 atom stereocenters. The quantitative estimate of drug-likeness (QED) is 0.706. The third-order valence-corrected chi connectivity index (χ3v) is 6.57. The average Bonchev–Trinajstić information content (AvgIpc) is 2.75. The topological polar surface area (TPSA) is 115 Å². The number of aromatic nitrogens is 1. The van der Waals surface area contributed by atoms with E-state index in [0.29, 0.717) is 13.2 Å². The molecule has 0 spiro atoms. The smallest absolute Gasteiger partial charge is 0.339 e. The highest BCUT2D eigenvalue weighted by Crippen LogP contribution is 2.28. The predicted molar refractivity (Wildman–Crippen MR) is 105 cm³/mol. The fourth-order valence-electron chi connectivity index (χ4n) is 2.67. The molecule has 11 heteroatoms. The van der Waals surface area contributed by atoms with Gasteiger partial charge in [-0.05, 0) is 30.3 Å². The number of sulfonamides is 1. The van der Waals surface area contributed by atoms with E-state index in [4.69, 9.17) is 16.3 Å². The molecule has 0 aliphatic carbocycles. The Bertz CT molecular complexity index is 1020. The highest BCUT2D eigenvalue weighted by Gasteiger charge is 2.28. The Morgan fingerprint density at radius 2 is 1.93 bits per heavy atom. The normalized spacial score (nSPS) is 15.0. The molecule has 1 amide bonds. The zero-order chi connectivity index (χ0) is 21.0. The number of benzene rings is 1. The number of hydrogen-bond acceptors (Lipinski definition) is 7. The van der Waals surface area contributed by atoms with Gasteiger partial charge in [-0.3, -0.25) is 9.78 Å². The summed E-state index contributed by atoms with van der Waals surface area (Å²) in [7, 11) is -2.59. The molecule has 1 aromatic carbocycles. The Hall–Kier alpha value is -2.53. The van der Waals surface area contributed by atoms with Crippen LogP contribution in [-0.2, 0) is 19.5 Å². The van der Waals surface area contributed by atoms with E-state index in [2.05, 4.69) is 15.0 Å². The number of esters is 1. The summed E-state index contributed by atoms with van der Waals surface area (Å²) in [5, 5.41) is 2.63. The summed E-state index contributed by atoms with van der Waals surface area (Å²) in [5.74, 6) is -1.14. The molecule has 154 valence electrons. The first-order chi connectivity index (χ1) is 13.8. The van der Waals surface area contributed by atoms with Crippen LogP contribution in [0.2, 0.25) is 5.02 Å². The van der Waals surface area contributed by atoms with Crippen molar-refractivity contribution in [2.75, 3.05) is 38.7 Å². The molecule has 1 fully saturated rings. The zero-order valence-corrected chi connectivity index (χ0v) is 17.0. The van der Waals surface area contributed by atoms with Crippen molar-refractivity contribution >= 4 is 39.2 Å². The number of rotatable bonds is 5. The molecule has 1 saturated heterocycles. The Morgan fingerprint density at radius 1 is 1.21 bits per heavy atom. The molecule has 2 aromatic rings. The molecule has 1 aromatic heterocycles. The Kier molecular flexibility index (Phi) is 6.48. The van der Waals surface area contributed by atoms with Gasteiger partial charge in [0.25, 0.3) is 5.91 Å². The lowest BCUT2D eigenvalue weighted by Crippen LogP contribution is -2.40. The van der Waals surface area contributed by atoms with Crippen molar-refractivity contribution in [3.05, 3.63) is 52.8 Å². The number of morpholine rings is 1. The Balaban J connectivity index is 1.80. The number of pyridine rings is 1. The summed E-state index contributed by atoms with van der Waals surface area (Å²) in [6.07, 6.45) is 1.22. The first kappa shape index (κ1) is 21.2. The van der Waals surface area contributed by atoms with E-state index in [-0.39, 0.29) is 40.0 Å². The second-order valence-corrected chi connectivity index (χ2v) is 8.35. The van der Waals surface area contributed by atoms with E-state index in [1.807, 2.05) is 0 Å². The summed E-state index contributed by atoms with van der Waals surface area (Å²) < 4.78 is 36.8. The van der Waals surface area contributed by atoms with Crippen molar-refractivity contribution in [3.63, 3.8) is 0 Å². The van der Waals surface area contributed by atoms with Gasteiger partial charge in [-0.2, -0.15) is 4.31 Å². The monoisotopic (exact) mass is 439 g/mol. The first-order valence-electron chi connectivity index (χ1n) is 8.56. The molecule has 0 unspecified atom stereocenters. The molecule has 0 radical (unpaired) electrons. The van der Waals surface area contributed by atoms with Gasteiger partial charge in [-0.25, -0.2) is 13.2 Å². The molecular formula is C18H18ClN3O6S. The van der Waals surface area contributed by atoms with Gasteiger partial charge in [0.1, 0.15) is 10.6 Å². The van der Waals surface area contributed by atoms with Crippen molar-refractivity contribution < 1.29 is 27.5 Å². The number of carbonyl (C=O) groups excluding carboxylic acids is 2. The van der Waals surface area contributed by atoms with Crippen molar-refractivity contribution in [1.29, 1.82) is 0 Å². The minimum atomic E-state index is -3.83. The molecule has 9 nitrogen and oxygen atoms in total. The van der Waals surface area contributed by atoms with E-state index in [9.17, 15) is 18.0 Å². The number of methoxy groups -OCH3 is 1. The number of nitrogens with one attached hydrogen (secondary N) is 1. The number of ether oxygens (including phenoxy) is 2. The SMILES string of the molecule is COC(=O)c1ccc(C(=O)Nc2ccc(Cl)c(S(=O)(=O)N3CCOCC3)c2)nc1. The van der Waals surface area contributed by atoms with Crippen molar-refractivity contribution in [2.45, 2.75) is 4.90 Å². The van der Waals surface area contributed by atoms with E-state index >= 15 is 0 Å². The van der Waals surface area contributed by atoms with Crippen LogP contribution < -0.4 is 5.32 Å². The minimum absolute atomic E-state index is 0.0465. The third-order valence-electron chi connectivity index (χ3n) is 4.19. The van der Waals surface area contributed by atoms with Crippen LogP contribution in [0.15, 0.2) is 41.4 Å². The Labute approximate surface area is 172 Å². The lowest BCUT2D eigenvalue weighted by molar-refractivity contribution is 0.0600. The summed E-state index contributed by atoms with van der Waals surface area (Å²) in [6, 6.07) is 6.96. The lowest BCUT2D eigenvalue weighted by Gasteiger charge is -2.26. The lowest BCUT2D eigenvalue weighted by atomic mass is 10.2. The second kappa shape index (κ2) is 8.87. The Morgan fingerprint density at radius 3 is 2.55 bits per heavy atom. The fourth-order valence-corrected chi connectivity index (χ4v) is 4.58. The van der Waals surface area contributed by atoms with E-state index in [0.717, 1.165) is 0 Å². The van der Waals surface area contributed by atoms with Crippen LogP contribution in [0.25, 0.3) is 0 Å². The van der Waals surface area contributed by atoms with E-state index < -0.39 is 21.9 Å². The van der Waals surface area contributed by atoms with Crippen molar-refractivity contribution in [1.82, 2.24) is 9.29 Å². The summed E-state index contributed by atoms with van der Waals surface area (Å²) in [5.41, 5.74) is 0.490. The van der Waals surface area contributed by atoms with Gasteiger partial charge in [-0.1, -0.05) is 11.6 Å². The zero-order valence-electron chi connectivity index (χ0n) is 15.4. The molecule has 3 rings (SSSR count). The number of anilines is 1. The number of carbonyl (C=O) groups is 2. The maximum Gasteiger partial charge on any atom is 0.339 e. The molecule has 29 heavy (non-hydrogen) atoms. The number of amides is 1. The second-order valence-electron chi connectivity index (χ2n) is 6.04. The summed E-state index contributed by atoms with van der Waals surface area (Å²) >= 11 is 6.11. The van der Waals surface area contributed by atoms with Crippen LogP contribution in [0.1, 0.15) is 20.8 Å². The molecule has 1 aliphatic heterocycles. The van der Waals surface area contributed by atoms with Gasteiger partial charge in [-0.15, -0.1) is 0 Å². The largest absolute Gasteiger partial charge is 0.465 e. The molecule has 1 N–H and O–H groups in total.